The van der Waals surface area contributed by atoms with Gasteiger partial charge in [-0.2, -0.15) is 0 Å². The van der Waals surface area contributed by atoms with Crippen LogP contribution in [-0.4, -0.2) is 27.7 Å². The topological polar surface area (TPSA) is 58.0 Å². The fourth-order valence-corrected chi connectivity index (χ4v) is 1.19. The minimum atomic E-state index is -0.222. The summed E-state index contributed by atoms with van der Waals surface area (Å²) in [6, 6.07) is 0. The third-order valence-electron chi connectivity index (χ3n) is 1.97. The van der Waals surface area contributed by atoms with Crippen molar-refractivity contribution in [3.63, 3.8) is 0 Å². The summed E-state index contributed by atoms with van der Waals surface area (Å²) in [6.45, 7) is 4.54. The number of aliphatic hydroxyl groups is 1. The Morgan fingerprint density at radius 1 is 1.43 bits per heavy atom. The first-order valence-electron chi connectivity index (χ1n) is 4.89. The maximum Gasteiger partial charge on any atom is 0.147 e. The third-order valence-corrected chi connectivity index (χ3v) is 1.97. The first kappa shape index (κ1) is 10.9. The van der Waals surface area contributed by atoms with Crippen molar-refractivity contribution < 1.29 is 5.11 Å². The zero-order valence-electron chi connectivity index (χ0n) is 8.70. The third kappa shape index (κ3) is 3.70. The van der Waals surface area contributed by atoms with Crippen molar-refractivity contribution in [1.29, 1.82) is 0 Å². The second kappa shape index (κ2) is 5.54. The maximum atomic E-state index is 9.05. The number of aryl methyl sites for hydroxylation is 1. The van der Waals surface area contributed by atoms with E-state index in [1.807, 2.05) is 6.92 Å². The van der Waals surface area contributed by atoms with Crippen LogP contribution in [-0.2, 0) is 0 Å². The van der Waals surface area contributed by atoms with Gasteiger partial charge in [0.15, 0.2) is 0 Å². The number of anilines is 1. The molecule has 1 aromatic rings. The first-order valence-corrected chi connectivity index (χ1v) is 4.89. The number of nitrogens with zero attached hydrogens (tertiary/aromatic N) is 2. The van der Waals surface area contributed by atoms with Gasteiger partial charge in [0.25, 0.3) is 0 Å². The molecule has 0 aromatic carbocycles. The lowest BCUT2D eigenvalue weighted by Crippen LogP contribution is -2.08. The summed E-state index contributed by atoms with van der Waals surface area (Å²) >= 11 is 0. The Kier molecular flexibility index (Phi) is 4.32. The molecule has 0 radical (unpaired) electrons. The molecule has 1 atom stereocenters. The van der Waals surface area contributed by atoms with Gasteiger partial charge in [0.2, 0.25) is 0 Å². The second-order valence-corrected chi connectivity index (χ2v) is 3.41. The lowest BCUT2D eigenvalue weighted by molar-refractivity contribution is 0.183. The average Bonchev–Trinajstić information content (AvgIpc) is 2.15. The molecule has 2 N–H and O–H groups in total. The summed E-state index contributed by atoms with van der Waals surface area (Å²) in [6.07, 6.45) is 4.88. The van der Waals surface area contributed by atoms with E-state index in [0.717, 1.165) is 30.9 Å². The van der Waals surface area contributed by atoms with Gasteiger partial charge in [0.1, 0.15) is 5.82 Å². The van der Waals surface area contributed by atoms with Gasteiger partial charge in [-0.25, -0.2) is 4.98 Å². The molecule has 4 nitrogen and oxygen atoms in total. The number of hydrogen-bond donors (Lipinski definition) is 2. The normalized spacial score (nSPS) is 12.5. The molecule has 1 unspecified atom stereocenters. The molecule has 14 heavy (non-hydrogen) atoms. The molecule has 0 amide bonds. The first-order chi connectivity index (χ1) is 6.70. The van der Waals surface area contributed by atoms with Gasteiger partial charge in [-0.1, -0.05) is 0 Å². The highest BCUT2D eigenvalue weighted by Gasteiger charge is 1.99. The lowest BCUT2D eigenvalue weighted by Gasteiger charge is -2.07. The molecule has 0 aliphatic rings. The van der Waals surface area contributed by atoms with E-state index in [4.69, 9.17) is 5.11 Å². The summed E-state index contributed by atoms with van der Waals surface area (Å²) in [7, 11) is 0. The highest BCUT2D eigenvalue weighted by atomic mass is 16.3. The van der Waals surface area contributed by atoms with Crippen molar-refractivity contribution in [2.75, 3.05) is 11.9 Å². The summed E-state index contributed by atoms with van der Waals surface area (Å²) < 4.78 is 0. The van der Waals surface area contributed by atoms with Crippen molar-refractivity contribution in [3.05, 3.63) is 18.1 Å². The van der Waals surface area contributed by atoms with Crippen molar-refractivity contribution in [3.8, 4) is 0 Å². The molecular formula is C10H17N3O. The molecule has 0 aliphatic carbocycles. The highest BCUT2D eigenvalue weighted by molar-refractivity contribution is 5.37. The predicted octanol–water partition coefficient (Wildman–Crippen LogP) is 1.36. The minimum Gasteiger partial charge on any atom is -0.393 e. The molecule has 78 valence electrons. The Labute approximate surface area is 84.4 Å². The van der Waals surface area contributed by atoms with Crippen LogP contribution in [0.4, 0.5) is 5.82 Å². The Bertz CT molecular complexity index is 276. The van der Waals surface area contributed by atoms with Crippen molar-refractivity contribution >= 4 is 5.82 Å². The number of hydrogen-bond acceptors (Lipinski definition) is 4. The lowest BCUT2D eigenvalue weighted by atomic mass is 10.2. The van der Waals surface area contributed by atoms with Crippen LogP contribution in [0.1, 0.15) is 25.5 Å². The van der Waals surface area contributed by atoms with Crippen LogP contribution in [0.5, 0.6) is 0 Å². The van der Waals surface area contributed by atoms with E-state index in [2.05, 4.69) is 15.3 Å². The summed E-state index contributed by atoms with van der Waals surface area (Å²) in [5, 5.41) is 12.2. The Balaban J connectivity index is 2.28. The smallest absolute Gasteiger partial charge is 0.147 e. The van der Waals surface area contributed by atoms with Crippen LogP contribution >= 0.6 is 0 Å². The Hall–Kier alpha value is -1.16. The standard InChI is InChI=1S/C10H17N3O/c1-8(14)4-3-5-12-10-9(2)11-6-7-13-10/h6-8,14H,3-5H2,1-2H3,(H,12,13). The van der Waals surface area contributed by atoms with E-state index in [1.54, 1.807) is 19.3 Å². The van der Waals surface area contributed by atoms with Crippen molar-refractivity contribution in [1.82, 2.24) is 9.97 Å². The van der Waals surface area contributed by atoms with E-state index in [1.165, 1.54) is 0 Å². The molecule has 1 aromatic heterocycles. The Morgan fingerprint density at radius 3 is 2.79 bits per heavy atom. The fourth-order valence-electron chi connectivity index (χ4n) is 1.19. The SMILES string of the molecule is Cc1nccnc1NCCCC(C)O. The van der Waals surface area contributed by atoms with Gasteiger partial charge in [-0.3, -0.25) is 4.98 Å². The Morgan fingerprint density at radius 2 is 2.14 bits per heavy atom. The number of rotatable bonds is 5. The highest BCUT2D eigenvalue weighted by Crippen LogP contribution is 2.06. The zero-order valence-corrected chi connectivity index (χ0v) is 8.70. The number of aliphatic hydroxyl groups excluding tert-OH is 1. The predicted molar refractivity (Wildman–Crippen MR) is 56.2 cm³/mol. The fraction of sp³-hybridized carbons (Fsp3) is 0.600. The molecular weight excluding hydrogens is 178 g/mol. The summed E-state index contributed by atoms with van der Waals surface area (Å²) in [4.78, 5) is 8.28. The molecule has 1 heterocycles. The number of nitrogens with one attached hydrogen (secondary N) is 1. The molecule has 0 aliphatic heterocycles. The quantitative estimate of drug-likeness (QED) is 0.696. The number of aromatic nitrogens is 2. The molecule has 0 bridgehead atoms. The van der Waals surface area contributed by atoms with Gasteiger partial charge in [0, 0.05) is 18.9 Å². The van der Waals surface area contributed by atoms with Gasteiger partial charge >= 0.3 is 0 Å². The average molecular weight is 195 g/mol. The van der Waals surface area contributed by atoms with E-state index >= 15 is 0 Å². The van der Waals surface area contributed by atoms with Crippen LogP contribution < -0.4 is 5.32 Å². The van der Waals surface area contributed by atoms with E-state index in [-0.39, 0.29) is 6.10 Å². The maximum absolute atomic E-state index is 9.05. The molecule has 0 saturated carbocycles. The molecule has 1 rings (SSSR count). The van der Waals surface area contributed by atoms with Crippen LogP contribution in [0.3, 0.4) is 0 Å². The molecule has 0 saturated heterocycles. The van der Waals surface area contributed by atoms with Gasteiger partial charge in [-0.15, -0.1) is 0 Å². The van der Waals surface area contributed by atoms with E-state index < -0.39 is 0 Å². The minimum absolute atomic E-state index is 0.222. The van der Waals surface area contributed by atoms with Crippen molar-refractivity contribution in [2.24, 2.45) is 0 Å². The zero-order chi connectivity index (χ0) is 10.4. The molecule has 4 heteroatoms. The molecule has 0 fully saturated rings. The van der Waals surface area contributed by atoms with E-state index in [0.29, 0.717) is 0 Å². The van der Waals surface area contributed by atoms with Crippen LogP contribution in [0.25, 0.3) is 0 Å². The van der Waals surface area contributed by atoms with Crippen molar-refractivity contribution in [2.45, 2.75) is 32.8 Å². The molecule has 0 spiro atoms. The van der Waals surface area contributed by atoms with Crippen LogP contribution in [0, 0.1) is 6.92 Å². The summed E-state index contributed by atoms with van der Waals surface area (Å²) in [5.74, 6) is 0.832. The van der Waals surface area contributed by atoms with E-state index in [9.17, 15) is 0 Å². The summed E-state index contributed by atoms with van der Waals surface area (Å²) in [5.41, 5.74) is 0.907. The van der Waals surface area contributed by atoms with Crippen LogP contribution in [0.15, 0.2) is 12.4 Å². The van der Waals surface area contributed by atoms with Gasteiger partial charge in [-0.05, 0) is 26.7 Å². The monoisotopic (exact) mass is 195 g/mol. The largest absolute Gasteiger partial charge is 0.393 e. The van der Waals surface area contributed by atoms with Crippen LogP contribution in [0.2, 0.25) is 0 Å². The second-order valence-electron chi connectivity index (χ2n) is 3.41. The van der Waals surface area contributed by atoms with Gasteiger partial charge in [0.05, 0.1) is 11.8 Å². The van der Waals surface area contributed by atoms with Gasteiger partial charge < -0.3 is 10.4 Å².